The zero-order valence-corrected chi connectivity index (χ0v) is 14.2. The van der Waals surface area contributed by atoms with Crippen molar-refractivity contribution in [3.8, 4) is 0 Å². The molecule has 8 heteroatoms. The molecule has 0 fully saturated rings. The van der Waals surface area contributed by atoms with Gasteiger partial charge in [-0.3, -0.25) is 18.9 Å². The number of nitrogens with one attached hydrogen (secondary N) is 1. The molecule has 0 aromatic carbocycles. The fourth-order valence-electron chi connectivity index (χ4n) is 2.93. The van der Waals surface area contributed by atoms with Crippen LogP contribution >= 0.6 is 0 Å². The van der Waals surface area contributed by atoms with Crippen molar-refractivity contribution in [3.63, 3.8) is 0 Å². The number of hydrogen-bond acceptors (Lipinski definition) is 5. The molecule has 0 bridgehead atoms. The summed E-state index contributed by atoms with van der Waals surface area (Å²) in [6, 6.07) is 3.68. The summed E-state index contributed by atoms with van der Waals surface area (Å²) in [5.41, 5.74) is 2.71. The lowest BCUT2D eigenvalue weighted by molar-refractivity contribution is 0.0946. The second-order valence-corrected chi connectivity index (χ2v) is 6.21. The number of likely N-dealkylation sites (N-methyl/N-ethyl adjacent to an activating group) is 1. The maximum Gasteiger partial charge on any atom is 0.348 e. The van der Waals surface area contributed by atoms with Crippen molar-refractivity contribution in [3.05, 3.63) is 45.4 Å². The Kier molecular flexibility index (Phi) is 4.48. The van der Waals surface area contributed by atoms with Gasteiger partial charge in [-0.15, -0.1) is 0 Å². The summed E-state index contributed by atoms with van der Waals surface area (Å²) in [5.74, 6) is -0.217. The molecule has 0 aliphatic carbocycles. The van der Waals surface area contributed by atoms with E-state index in [9.17, 15) is 9.59 Å². The molecule has 0 unspecified atom stereocenters. The lowest BCUT2D eigenvalue weighted by Crippen LogP contribution is -2.33. The summed E-state index contributed by atoms with van der Waals surface area (Å²) in [4.78, 5) is 30.3. The monoisotopic (exact) mass is 330 g/mol. The SMILES string of the molecule is Cc1cc(C)n(CCNC(=O)c2cc3n(n2)CCN(C)C3)c(=O)n1. The fourth-order valence-corrected chi connectivity index (χ4v) is 2.93. The van der Waals surface area contributed by atoms with Gasteiger partial charge < -0.3 is 5.32 Å². The van der Waals surface area contributed by atoms with Crippen LogP contribution in [0.2, 0.25) is 0 Å². The van der Waals surface area contributed by atoms with Crippen LogP contribution in [0, 0.1) is 13.8 Å². The zero-order chi connectivity index (χ0) is 17.3. The van der Waals surface area contributed by atoms with Gasteiger partial charge in [0.25, 0.3) is 5.91 Å². The van der Waals surface area contributed by atoms with Crippen molar-refractivity contribution >= 4 is 5.91 Å². The minimum atomic E-state index is -0.290. The standard InChI is InChI=1S/C16H22N6O2/c1-11-8-12(2)21(16(24)18-11)5-4-17-15(23)14-9-13-10-20(3)6-7-22(13)19-14/h8-9H,4-7,10H2,1-3H3,(H,17,23). The number of nitrogens with zero attached hydrogens (tertiary/aromatic N) is 5. The van der Waals surface area contributed by atoms with Crippen LogP contribution in [-0.2, 0) is 19.6 Å². The number of fused-ring (bicyclic) bond motifs is 1. The first kappa shape index (κ1) is 16.4. The van der Waals surface area contributed by atoms with Crippen LogP contribution in [0.4, 0.5) is 0 Å². The van der Waals surface area contributed by atoms with Gasteiger partial charge in [0.05, 0.1) is 12.2 Å². The molecular formula is C16H22N6O2. The minimum absolute atomic E-state index is 0.217. The zero-order valence-electron chi connectivity index (χ0n) is 14.2. The summed E-state index contributed by atoms with van der Waals surface area (Å²) >= 11 is 0. The third-order valence-corrected chi connectivity index (χ3v) is 4.19. The highest BCUT2D eigenvalue weighted by Crippen LogP contribution is 2.12. The maximum absolute atomic E-state index is 12.3. The molecule has 2 aromatic rings. The van der Waals surface area contributed by atoms with Crippen molar-refractivity contribution in [1.29, 1.82) is 0 Å². The summed E-state index contributed by atoms with van der Waals surface area (Å²) in [6.45, 7) is 6.91. The predicted octanol–water partition coefficient (Wildman–Crippen LogP) is -0.0680. The highest BCUT2D eigenvalue weighted by atomic mass is 16.2. The maximum atomic E-state index is 12.3. The van der Waals surface area contributed by atoms with E-state index in [1.54, 1.807) is 11.5 Å². The molecule has 0 radical (unpaired) electrons. The number of aryl methyl sites for hydroxylation is 2. The van der Waals surface area contributed by atoms with Gasteiger partial charge in [0.2, 0.25) is 0 Å². The minimum Gasteiger partial charge on any atom is -0.349 e. The third-order valence-electron chi connectivity index (χ3n) is 4.19. The van der Waals surface area contributed by atoms with E-state index < -0.39 is 0 Å². The van der Waals surface area contributed by atoms with Crippen LogP contribution in [-0.4, -0.2) is 50.3 Å². The van der Waals surface area contributed by atoms with Crippen molar-refractivity contribution in [2.24, 2.45) is 0 Å². The second kappa shape index (κ2) is 6.56. The summed E-state index contributed by atoms with van der Waals surface area (Å²) in [6.07, 6.45) is 0. The van der Waals surface area contributed by atoms with Gasteiger partial charge in [-0.2, -0.15) is 10.1 Å². The van der Waals surface area contributed by atoms with Gasteiger partial charge in [0, 0.05) is 37.6 Å². The average molecular weight is 330 g/mol. The van der Waals surface area contributed by atoms with Gasteiger partial charge in [-0.25, -0.2) is 4.79 Å². The van der Waals surface area contributed by atoms with E-state index in [-0.39, 0.29) is 11.6 Å². The van der Waals surface area contributed by atoms with Crippen molar-refractivity contribution in [2.45, 2.75) is 33.5 Å². The van der Waals surface area contributed by atoms with Crippen molar-refractivity contribution in [2.75, 3.05) is 20.1 Å². The van der Waals surface area contributed by atoms with E-state index in [4.69, 9.17) is 0 Å². The summed E-state index contributed by atoms with van der Waals surface area (Å²) in [5, 5.41) is 7.18. The van der Waals surface area contributed by atoms with E-state index in [0.29, 0.717) is 24.5 Å². The van der Waals surface area contributed by atoms with Gasteiger partial charge in [-0.1, -0.05) is 0 Å². The molecular weight excluding hydrogens is 308 g/mol. The summed E-state index contributed by atoms with van der Waals surface area (Å²) < 4.78 is 3.44. The number of rotatable bonds is 4. The molecule has 3 heterocycles. The normalized spacial score (nSPS) is 14.5. The van der Waals surface area contributed by atoms with E-state index in [2.05, 4.69) is 20.3 Å². The van der Waals surface area contributed by atoms with Gasteiger partial charge in [0.1, 0.15) is 5.69 Å². The lowest BCUT2D eigenvalue weighted by Gasteiger charge is -2.22. The topological polar surface area (TPSA) is 85.0 Å². The molecule has 8 nitrogen and oxygen atoms in total. The molecule has 0 saturated carbocycles. The molecule has 1 aliphatic heterocycles. The summed E-state index contributed by atoms with van der Waals surface area (Å²) in [7, 11) is 2.05. The lowest BCUT2D eigenvalue weighted by atomic mass is 10.3. The molecule has 24 heavy (non-hydrogen) atoms. The Morgan fingerprint density at radius 3 is 2.83 bits per heavy atom. The van der Waals surface area contributed by atoms with Crippen LogP contribution in [0.5, 0.6) is 0 Å². The smallest absolute Gasteiger partial charge is 0.348 e. The molecule has 1 amide bonds. The fraction of sp³-hybridized carbons (Fsp3) is 0.500. The Bertz CT molecular complexity index is 822. The van der Waals surface area contributed by atoms with Crippen molar-refractivity contribution in [1.82, 2.24) is 29.5 Å². The molecule has 0 spiro atoms. The Morgan fingerprint density at radius 1 is 1.29 bits per heavy atom. The second-order valence-electron chi connectivity index (χ2n) is 6.21. The third kappa shape index (κ3) is 3.38. The first-order valence-corrected chi connectivity index (χ1v) is 8.02. The molecule has 2 aromatic heterocycles. The molecule has 0 saturated heterocycles. The number of hydrogen-bond donors (Lipinski definition) is 1. The predicted molar refractivity (Wildman–Crippen MR) is 88.9 cm³/mol. The van der Waals surface area contributed by atoms with Crippen LogP contribution in [0.25, 0.3) is 0 Å². The Morgan fingerprint density at radius 2 is 2.08 bits per heavy atom. The number of carbonyl (C=O) groups is 1. The van der Waals surface area contributed by atoms with E-state index >= 15 is 0 Å². The molecule has 3 rings (SSSR count). The Hall–Kier alpha value is -2.48. The van der Waals surface area contributed by atoms with Crippen LogP contribution in [0.3, 0.4) is 0 Å². The van der Waals surface area contributed by atoms with Gasteiger partial charge in [0.15, 0.2) is 0 Å². The molecule has 128 valence electrons. The van der Waals surface area contributed by atoms with Crippen LogP contribution in [0.1, 0.15) is 27.6 Å². The number of carbonyl (C=O) groups excluding carboxylic acids is 1. The largest absolute Gasteiger partial charge is 0.349 e. The highest BCUT2D eigenvalue weighted by Gasteiger charge is 2.18. The van der Waals surface area contributed by atoms with E-state index in [0.717, 1.165) is 31.0 Å². The first-order chi connectivity index (χ1) is 11.4. The first-order valence-electron chi connectivity index (χ1n) is 8.02. The molecule has 0 atom stereocenters. The van der Waals surface area contributed by atoms with Gasteiger partial charge >= 0.3 is 5.69 Å². The van der Waals surface area contributed by atoms with E-state index in [1.165, 1.54) is 0 Å². The quantitative estimate of drug-likeness (QED) is 0.848. The van der Waals surface area contributed by atoms with Crippen LogP contribution in [0.15, 0.2) is 16.9 Å². The van der Waals surface area contributed by atoms with Gasteiger partial charge in [-0.05, 0) is 33.0 Å². The Balaban J connectivity index is 1.62. The Labute approximate surface area is 140 Å². The van der Waals surface area contributed by atoms with Crippen LogP contribution < -0.4 is 11.0 Å². The highest BCUT2D eigenvalue weighted by molar-refractivity contribution is 5.92. The molecule has 1 N–H and O–H groups in total. The molecule has 1 aliphatic rings. The van der Waals surface area contributed by atoms with Crippen molar-refractivity contribution < 1.29 is 4.79 Å². The van der Waals surface area contributed by atoms with E-state index in [1.807, 2.05) is 30.8 Å². The number of amides is 1. The number of aromatic nitrogens is 4. The average Bonchev–Trinajstić information content (AvgIpc) is 2.92.